The maximum Gasteiger partial charge on any atom is 0.224 e. The Bertz CT molecular complexity index is 385. The van der Waals surface area contributed by atoms with Crippen molar-refractivity contribution in [2.24, 2.45) is 0 Å². The number of ether oxygens (including phenoxy) is 1. The van der Waals surface area contributed by atoms with E-state index in [0.29, 0.717) is 24.1 Å². The van der Waals surface area contributed by atoms with Gasteiger partial charge in [0.25, 0.3) is 0 Å². The lowest BCUT2D eigenvalue weighted by Gasteiger charge is -2.10. The zero-order chi connectivity index (χ0) is 12.8. The Balaban J connectivity index is 1.66. The third-order valence-corrected chi connectivity index (χ3v) is 3.34. The Morgan fingerprint density at radius 1 is 1.39 bits per heavy atom. The van der Waals surface area contributed by atoms with E-state index in [1.54, 1.807) is 12.1 Å². The van der Waals surface area contributed by atoms with Gasteiger partial charge >= 0.3 is 0 Å². The highest BCUT2D eigenvalue weighted by Crippen LogP contribution is 2.14. The van der Waals surface area contributed by atoms with Gasteiger partial charge in [-0.15, -0.1) is 0 Å². The molecule has 1 atom stereocenters. The highest BCUT2D eigenvalue weighted by molar-refractivity contribution is 6.30. The minimum Gasteiger partial charge on any atom is -0.378 e. The molecule has 1 N–H and O–H groups in total. The molecule has 98 valence electrons. The van der Waals surface area contributed by atoms with Crippen molar-refractivity contribution < 1.29 is 9.53 Å². The fraction of sp³-hybridized carbons (Fsp3) is 0.500. The van der Waals surface area contributed by atoms with Crippen LogP contribution in [0.1, 0.15) is 24.8 Å². The minimum absolute atomic E-state index is 0.0512. The molecule has 1 aliphatic heterocycles. The van der Waals surface area contributed by atoms with Crippen molar-refractivity contribution in [3.05, 3.63) is 34.9 Å². The summed E-state index contributed by atoms with van der Waals surface area (Å²) in [6.07, 6.45) is 3.91. The van der Waals surface area contributed by atoms with Gasteiger partial charge in [0, 0.05) is 18.2 Å². The van der Waals surface area contributed by atoms with Gasteiger partial charge in [0.15, 0.2) is 0 Å². The van der Waals surface area contributed by atoms with Crippen molar-refractivity contribution in [2.45, 2.75) is 31.8 Å². The van der Waals surface area contributed by atoms with Crippen molar-refractivity contribution in [3.63, 3.8) is 0 Å². The highest BCUT2D eigenvalue weighted by atomic mass is 35.5. The Kier molecular flexibility index (Phi) is 5.02. The number of carbonyl (C=O) groups excluding carboxylic acids is 1. The zero-order valence-electron chi connectivity index (χ0n) is 10.3. The van der Waals surface area contributed by atoms with E-state index in [2.05, 4.69) is 5.32 Å². The smallest absolute Gasteiger partial charge is 0.224 e. The third kappa shape index (κ3) is 4.31. The number of rotatable bonds is 5. The van der Waals surface area contributed by atoms with E-state index >= 15 is 0 Å². The van der Waals surface area contributed by atoms with Crippen LogP contribution < -0.4 is 5.32 Å². The number of carbonyl (C=O) groups is 1. The van der Waals surface area contributed by atoms with Gasteiger partial charge in [0.05, 0.1) is 12.5 Å². The summed E-state index contributed by atoms with van der Waals surface area (Å²) in [5.41, 5.74) is 0.981. The second kappa shape index (κ2) is 6.76. The van der Waals surface area contributed by atoms with Gasteiger partial charge in [-0.2, -0.15) is 0 Å². The van der Waals surface area contributed by atoms with Gasteiger partial charge in [0.1, 0.15) is 0 Å². The summed E-state index contributed by atoms with van der Waals surface area (Å²) in [4.78, 5) is 11.7. The second-order valence-corrected chi connectivity index (χ2v) is 5.01. The molecule has 1 saturated heterocycles. The Hall–Kier alpha value is -1.06. The predicted molar refractivity (Wildman–Crippen MR) is 71.8 cm³/mol. The first-order valence-corrected chi connectivity index (χ1v) is 6.74. The molecule has 1 aromatic rings. The van der Waals surface area contributed by atoms with Crippen LogP contribution in [0.2, 0.25) is 5.02 Å². The monoisotopic (exact) mass is 267 g/mol. The molecular formula is C14H18ClNO2. The number of hydrogen-bond donors (Lipinski definition) is 1. The Labute approximate surface area is 112 Å². The SMILES string of the molecule is O=C(Cc1ccc(Cl)cc1)NCCC1CCCO1. The lowest BCUT2D eigenvalue weighted by molar-refractivity contribution is -0.120. The molecule has 18 heavy (non-hydrogen) atoms. The highest BCUT2D eigenvalue weighted by Gasteiger charge is 2.15. The van der Waals surface area contributed by atoms with Gasteiger partial charge in [-0.1, -0.05) is 23.7 Å². The summed E-state index contributed by atoms with van der Waals surface area (Å²) < 4.78 is 5.50. The average molecular weight is 268 g/mol. The van der Waals surface area contributed by atoms with Crippen molar-refractivity contribution in [1.82, 2.24) is 5.32 Å². The summed E-state index contributed by atoms with van der Waals surface area (Å²) in [5, 5.41) is 3.61. The van der Waals surface area contributed by atoms with E-state index in [1.165, 1.54) is 0 Å². The fourth-order valence-electron chi connectivity index (χ4n) is 2.09. The topological polar surface area (TPSA) is 38.3 Å². The van der Waals surface area contributed by atoms with Gasteiger partial charge in [-0.25, -0.2) is 0 Å². The van der Waals surface area contributed by atoms with E-state index in [4.69, 9.17) is 16.3 Å². The molecule has 1 amide bonds. The lowest BCUT2D eigenvalue weighted by Crippen LogP contribution is -2.28. The molecule has 0 radical (unpaired) electrons. The molecule has 2 rings (SSSR count). The summed E-state index contributed by atoms with van der Waals surface area (Å²) >= 11 is 5.79. The maximum absolute atomic E-state index is 11.7. The first-order chi connectivity index (χ1) is 8.74. The van der Waals surface area contributed by atoms with Crippen LogP contribution in [0.15, 0.2) is 24.3 Å². The van der Waals surface area contributed by atoms with Gasteiger partial charge in [0.2, 0.25) is 5.91 Å². The lowest BCUT2D eigenvalue weighted by atomic mass is 10.1. The first kappa shape index (κ1) is 13.4. The first-order valence-electron chi connectivity index (χ1n) is 6.37. The number of amides is 1. The summed E-state index contributed by atoms with van der Waals surface area (Å²) in [5.74, 6) is 0.0512. The zero-order valence-corrected chi connectivity index (χ0v) is 11.1. The molecular weight excluding hydrogens is 250 g/mol. The molecule has 1 unspecified atom stereocenters. The normalized spacial score (nSPS) is 18.8. The number of halogens is 1. The van der Waals surface area contributed by atoms with Crippen LogP contribution >= 0.6 is 11.6 Å². The van der Waals surface area contributed by atoms with Crippen molar-refractivity contribution in [2.75, 3.05) is 13.2 Å². The maximum atomic E-state index is 11.7. The Morgan fingerprint density at radius 2 is 2.17 bits per heavy atom. The van der Waals surface area contributed by atoms with Crippen LogP contribution in [0.25, 0.3) is 0 Å². The van der Waals surface area contributed by atoms with Crippen LogP contribution in [-0.2, 0) is 16.0 Å². The molecule has 0 aliphatic carbocycles. The largest absolute Gasteiger partial charge is 0.378 e. The van der Waals surface area contributed by atoms with Crippen LogP contribution in [0.4, 0.5) is 0 Å². The second-order valence-electron chi connectivity index (χ2n) is 4.58. The number of benzene rings is 1. The molecule has 0 saturated carbocycles. The van der Waals surface area contributed by atoms with Crippen LogP contribution in [0.5, 0.6) is 0 Å². The van der Waals surface area contributed by atoms with Crippen molar-refractivity contribution in [1.29, 1.82) is 0 Å². The van der Waals surface area contributed by atoms with Crippen LogP contribution in [-0.4, -0.2) is 25.2 Å². The van der Waals surface area contributed by atoms with Crippen LogP contribution in [0.3, 0.4) is 0 Å². The van der Waals surface area contributed by atoms with Gasteiger partial charge < -0.3 is 10.1 Å². The standard InChI is InChI=1S/C14H18ClNO2/c15-12-5-3-11(4-6-12)10-14(17)16-8-7-13-2-1-9-18-13/h3-6,13H,1-2,7-10H2,(H,16,17). The third-order valence-electron chi connectivity index (χ3n) is 3.09. The number of nitrogens with one attached hydrogen (secondary N) is 1. The fourth-order valence-corrected chi connectivity index (χ4v) is 2.22. The van der Waals surface area contributed by atoms with E-state index < -0.39 is 0 Å². The average Bonchev–Trinajstić information content (AvgIpc) is 2.85. The molecule has 3 nitrogen and oxygen atoms in total. The molecule has 1 fully saturated rings. The predicted octanol–water partition coefficient (Wildman–Crippen LogP) is 2.57. The summed E-state index contributed by atoms with van der Waals surface area (Å²) in [6.45, 7) is 1.56. The van der Waals surface area contributed by atoms with Gasteiger partial charge in [-0.05, 0) is 37.0 Å². The minimum atomic E-state index is 0.0512. The number of hydrogen-bond acceptors (Lipinski definition) is 2. The molecule has 0 aromatic heterocycles. The van der Waals surface area contributed by atoms with E-state index in [0.717, 1.165) is 31.4 Å². The molecule has 1 heterocycles. The summed E-state index contributed by atoms with van der Waals surface area (Å²) in [6, 6.07) is 7.36. The molecule has 0 spiro atoms. The van der Waals surface area contributed by atoms with Crippen molar-refractivity contribution >= 4 is 17.5 Å². The molecule has 1 aromatic carbocycles. The molecule has 1 aliphatic rings. The quantitative estimate of drug-likeness (QED) is 0.890. The van der Waals surface area contributed by atoms with E-state index in [-0.39, 0.29) is 5.91 Å². The van der Waals surface area contributed by atoms with E-state index in [9.17, 15) is 4.79 Å². The van der Waals surface area contributed by atoms with Crippen LogP contribution in [0, 0.1) is 0 Å². The molecule has 0 bridgehead atoms. The van der Waals surface area contributed by atoms with Crippen molar-refractivity contribution in [3.8, 4) is 0 Å². The Morgan fingerprint density at radius 3 is 2.83 bits per heavy atom. The molecule has 4 heteroatoms. The van der Waals surface area contributed by atoms with Gasteiger partial charge in [-0.3, -0.25) is 4.79 Å². The summed E-state index contributed by atoms with van der Waals surface area (Å²) in [7, 11) is 0. The van der Waals surface area contributed by atoms with E-state index in [1.807, 2.05) is 12.1 Å².